The van der Waals surface area contributed by atoms with E-state index in [1.54, 1.807) is 0 Å². The molecule has 0 spiro atoms. The molecule has 0 radical (unpaired) electrons. The van der Waals surface area contributed by atoms with Crippen molar-refractivity contribution in [2.24, 2.45) is 27.4 Å². The molecule has 1 aromatic heterocycles. The average Bonchev–Trinajstić information content (AvgIpc) is 2.97. The minimum absolute atomic E-state index is 0.148. The number of hydrogen-bond donors (Lipinski definition) is 3. The molecule has 1 heterocycles. The first-order chi connectivity index (χ1) is 11.1. The maximum absolute atomic E-state index is 11.6. The fourth-order valence-corrected chi connectivity index (χ4v) is 2.85. The zero-order chi connectivity index (χ0) is 16.4. The van der Waals surface area contributed by atoms with Crippen LogP contribution in [0.15, 0.2) is 51.2 Å². The lowest BCUT2D eigenvalue weighted by Gasteiger charge is -2.23. The lowest BCUT2D eigenvalue weighted by Crippen LogP contribution is -2.24. The summed E-state index contributed by atoms with van der Waals surface area (Å²) in [7, 11) is 0. The number of hydrogen-bond acceptors (Lipinski definition) is 4. The van der Waals surface area contributed by atoms with Gasteiger partial charge in [-0.3, -0.25) is 4.79 Å². The highest BCUT2D eigenvalue weighted by molar-refractivity contribution is 6.11. The lowest BCUT2D eigenvalue weighted by molar-refractivity contribution is 0.0999. The predicted molar refractivity (Wildman–Crippen MR) is 87.1 cm³/mol. The van der Waals surface area contributed by atoms with Gasteiger partial charge in [-0.15, -0.1) is 5.10 Å². The van der Waals surface area contributed by atoms with E-state index in [-0.39, 0.29) is 11.9 Å². The van der Waals surface area contributed by atoms with Gasteiger partial charge < -0.3 is 21.6 Å². The summed E-state index contributed by atoms with van der Waals surface area (Å²) < 4.78 is 5.54. The molecule has 1 atom stereocenters. The van der Waals surface area contributed by atoms with Crippen molar-refractivity contribution < 1.29 is 9.21 Å². The maximum Gasteiger partial charge on any atom is 0.252 e. The van der Waals surface area contributed by atoms with Crippen LogP contribution in [0, 0.1) is 0 Å². The molecule has 6 N–H and O–H groups in total. The smallest absolute Gasteiger partial charge is 0.252 e. The molecule has 0 fully saturated rings. The average molecular weight is 311 g/mol. The third-order valence-corrected chi connectivity index (χ3v) is 3.85. The van der Waals surface area contributed by atoms with Crippen molar-refractivity contribution in [2.45, 2.75) is 18.8 Å². The predicted octanol–water partition coefficient (Wildman–Crippen LogP) is 1.09. The van der Waals surface area contributed by atoms with Gasteiger partial charge in [-0.1, -0.05) is 30.3 Å². The number of nitrogens with two attached hydrogens (primary N) is 3. The number of amides is 1. The maximum atomic E-state index is 11.6. The molecule has 118 valence electrons. The number of benzene rings is 1. The SMILES string of the molecule is NC(=O)c1coc2c1/C(=N\N=C(N)N)CC(c1ccccc1)C2. The Bertz CT molecular complexity index is 788. The topological polar surface area (TPSA) is 133 Å². The summed E-state index contributed by atoms with van der Waals surface area (Å²) in [6.07, 6.45) is 2.62. The molecule has 7 nitrogen and oxygen atoms in total. The van der Waals surface area contributed by atoms with E-state index >= 15 is 0 Å². The zero-order valence-corrected chi connectivity index (χ0v) is 12.4. The van der Waals surface area contributed by atoms with Crippen LogP contribution < -0.4 is 17.2 Å². The Morgan fingerprint density at radius 3 is 2.52 bits per heavy atom. The molecule has 0 bridgehead atoms. The largest absolute Gasteiger partial charge is 0.468 e. The summed E-state index contributed by atoms with van der Waals surface area (Å²) in [4.78, 5) is 11.6. The van der Waals surface area contributed by atoms with Crippen LogP contribution in [0.25, 0.3) is 0 Å². The second kappa shape index (κ2) is 5.96. The van der Waals surface area contributed by atoms with Crippen LogP contribution in [-0.4, -0.2) is 17.6 Å². The zero-order valence-electron chi connectivity index (χ0n) is 12.4. The van der Waals surface area contributed by atoms with Crippen molar-refractivity contribution in [3.05, 3.63) is 59.0 Å². The van der Waals surface area contributed by atoms with Crippen LogP contribution in [0.5, 0.6) is 0 Å². The van der Waals surface area contributed by atoms with Gasteiger partial charge in [-0.05, 0) is 17.9 Å². The van der Waals surface area contributed by atoms with E-state index in [1.807, 2.05) is 30.3 Å². The highest BCUT2D eigenvalue weighted by atomic mass is 16.3. The molecule has 0 saturated heterocycles. The van der Waals surface area contributed by atoms with Gasteiger partial charge in [0.25, 0.3) is 5.91 Å². The van der Waals surface area contributed by atoms with Crippen molar-refractivity contribution in [3.63, 3.8) is 0 Å². The summed E-state index contributed by atoms with van der Waals surface area (Å²) in [5, 5.41) is 7.82. The summed E-state index contributed by atoms with van der Waals surface area (Å²) in [6, 6.07) is 10.0. The number of rotatable bonds is 3. The Hall–Kier alpha value is -3.09. The molecule has 1 aliphatic rings. The fraction of sp³-hybridized carbons (Fsp3) is 0.188. The van der Waals surface area contributed by atoms with Crippen molar-refractivity contribution in [3.8, 4) is 0 Å². The fourth-order valence-electron chi connectivity index (χ4n) is 2.85. The minimum Gasteiger partial charge on any atom is -0.468 e. The Kier molecular flexibility index (Phi) is 3.84. The molecule has 3 rings (SSSR count). The number of carbonyl (C=O) groups is 1. The first kappa shape index (κ1) is 14.8. The Balaban J connectivity index is 2.07. The van der Waals surface area contributed by atoms with Crippen LogP contribution in [0.2, 0.25) is 0 Å². The molecule has 23 heavy (non-hydrogen) atoms. The van der Waals surface area contributed by atoms with E-state index in [9.17, 15) is 4.79 Å². The molecular weight excluding hydrogens is 294 g/mol. The van der Waals surface area contributed by atoms with Crippen LogP contribution in [-0.2, 0) is 6.42 Å². The first-order valence-electron chi connectivity index (χ1n) is 7.17. The van der Waals surface area contributed by atoms with Crippen LogP contribution >= 0.6 is 0 Å². The number of carbonyl (C=O) groups excluding carboxylic acids is 1. The molecule has 0 aliphatic heterocycles. The van der Waals surface area contributed by atoms with E-state index in [0.717, 1.165) is 5.56 Å². The van der Waals surface area contributed by atoms with Crippen molar-refractivity contribution in [1.82, 2.24) is 0 Å². The van der Waals surface area contributed by atoms with Crippen molar-refractivity contribution in [1.29, 1.82) is 0 Å². The summed E-state index contributed by atoms with van der Waals surface area (Å²) in [5.74, 6) is 0.127. The third-order valence-electron chi connectivity index (χ3n) is 3.85. The second-order valence-corrected chi connectivity index (χ2v) is 5.40. The molecule has 7 heteroatoms. The molecule has 1 aromatic carbocycles. The second-order valence-electron chi connectivity index (χ2n) is 5.40. The standard InChI is InChI=1S/C16H17N5O2/c17-15(22)11-8-23-13-7-10(9-4-2-1-3-5-9)6-12(14(11)13)20-21-16(18)19/h1-5,8,10H,6-7H2,(H2,17,22)(H4,18,19,21)/b20-12-. The van der Waals surface area contributed by atoms with Crippen LogP contribution in [0.3, 0.4) is 0 Å². The van der Waals surface area contributed by atoms with Gasteiger partial charge in [0.2, 0.25) is 5.96 Å². The van der Waals surface area contributed by atoms with Gasteiger partial charge >= 0.3 is 0 Å². The minimum atomic E-state index is -0.564. The molecule has 0 saturated carbocycles. The Labute approximate surface area is 132 Å². The number of fused-ring (bicyclic) bond motifs is 1. The van der Waals surface area contributed by atoms with Gasteiger partial charge in [-0.2, -0.15) is 5.10 Å². The van der Waals surface area contributed by atoms with E-state index < -0.39 is 5.91 Å². The lowest BCUT2D eigenvalue weighted by atomic mass is 9.81. The normalized spacial score (nSPS) is 18.4. The number of furan rings is 1. The summed E-state index contributed by atoms with van der Waals surface area (Å²) in [6.45, 7) is 0. The number of nitrogens with zero attached hydrogens (tertiary/aromatic N) is 2. The van der Waals surface area contributed by atoms with Gasteiger partial charge in [0.1, 0.15) is 12.0 Å². The van der Waals surface area contributed by atoms with Crippen molar-refractivity contribution >= 4 is 17.6 Å². The highest BCUT2D eigenvalue weighted by Crippen LogP contribution is 2.35. The van der Waals surface area contributed by atoms with Gasteiger partial charge in [0.05, 0.1) is 16.8 Å². The van der Waals surface area contributed by atoms with Gasteiger partial charge in [-0.25, -0.2) is 0 Å². The molecule has 2 aromatic rings. The van der Waals surface area contributed by atoms with Crippen LogP contribution in [0.1, 0.15) is 39.6 Å². The Morgan fingerprint density at radius 2 is 1.87 bits per heavy atom. The van der Waals surface area contributed by atoms with E-state index in [4.69, 9.17) is 21.6 Å². The number of primary amides is 1. The molecular formula is C16H17N5O2. The molecule has 1 aliphatic carbocycles. The monoisotopic (exact) mass is 311 g/mol. The molecule has 1 unspecified atom stereocenters. The van der Waals surface area contributed by atoms with E-state index in [2.05, 4.69) is 10.2 Å². The van der Waals surface area contributed by atoms with E-state index in [1.165, 1.54) is 6.26 Å². The van der Waals surface area contributed by atoms with Crippen molar-refractivity contribution in [2.75, 3.05) is 0 Å². The van der Waals surface area contributed by atoms with Crippen LogP contribution in [0.4, 0.5) is 0 Å². The van der Waals surface area contributed by atoms with E-state index in [0.29, 0.717) is 35.4 Å². The number of guanidine groups is 1. The molecule has 1 amide bonds. The highest BCUT2D eigenvalue weighted by Gasteiger charge is 2.31. The quantitative estimate of drug-likeness (QED) is 0.444. The Morgan fingerprint density at radius 1 is 1.13 bits per heavy atom. The van der Waals surface area contributed by atoms with Gasteiger partial charge in [0, 0.05) is 6.42 Å². The van der Waals surface area contributed by atoms with Gasteiger partial charge in [0.15, 0.2) is 0 Å². The first-order valence-corrected chi connectivity index (χ1v) is 7.17. The summed E-state index contributed by atoms with van der Waals surface area (Å²) >= 11 is 0. The summed E-state index contributed by atoms with van der Waals surface area (Å²) in [5.41, 5.74) is 18.8. The third kappa shape index (κ3) is 2.94.